The van der Waals surface area contributed by atoms with E-state index in [9.17, 15) is 4.79 Å². The maximum absolute atomic E-state index is 11.8. The fourth-order valence-corrected chi connectivity index (χ4v) is 2.02. The smallest absolute Gasteiger partial charge is 0.257 e. The molecule has 0 atom stereocenters. The van der Waals surface area contributed by atoms with E-state index in [2.05, 4.69) is 20.8 Å². The molecule has 0 radical (unpaired) electrons. The van der Waals surface area contributed by atoms with E-state index in [1.807, 2.05) is 26.0 Å². The molecule has 8 heteroatoms. The molecule has 0 fully saturated rings. The van der Waals surface area contributed by atoms with E-state index >= 15 is 0 Å². The SMILES string of the molecule is COc1ccccc1OCC(=O)NCCc1nnnn1C(C)C. The number of para-hydroxylation sites is 2. The number of amides is 1. The Morgan fingerprint density at radius 3 is 2.74 bits per heavy atom. The van der Waals surface area contributed by atoms with Crippen LogP contribution in [0.4, 0.5) is 0 Å². The number of ether oxygens (including phenoxy) is 2. The summed E-state index contributed by atoms with van der Waals surface area (Å²) in [5, 5.41) is 14.3. The minimum Gasteiger partial charge on any atom is -0.493 e. The quantitative estimate of drug-likeness (QED) is 0.780. The Morgan fingerprint density at radius 2 is 2.04 bits per heavy atom. The van der Waals surface area contributed by atoms with Crippen LogP contribution < -0.4 is 14.8 Å². The van der Waals surface area contributed by atoms with Crippen molar-refractivity contribution in [3.8, 4) is 11.5 Å². The number of carbonyl (C=O) groups is 1. The number of nitrogens with zero attached hydrogens (tertiary/aromatic N) is 4. The van der Waals surface area contributed by atoms with Crippen molar-refractivity contribution in [1.82, 2.24) is 25.5 Å². The molecule has 1 aromatic carbocycles. The van der Waals surface area contributed by atoms with Crippen molar-refractivity contribution in [2.45, 2.75) is 26.3 Å². The van der Waals surface area contributed by atoms with Crippen LogP contribution in [-0.2, 0) is 11.2 Å². The Hall–Kier alpha value is -2.64. The van der Waals surface area contributed by atoms with E-state index in [-0.39, 0.29) is 18.6 Å². The molecule has 0 aliphatic heterocycles. The summed E-state index contributed by atoms with van der Waals surface area (Å²) in [6.45, 7) is 4.37. The van der Waals surface area contributed by atoms with Gasteiger partial charge in [-0.15, -0.1) is 5.10 Å². The van der Waals surface area contributed by atoms with E-state index < -0.39 is 0 Å². The summed E-state index contributed by atoms with van der Waals surface area (Å²) in [4.78, 5) is 11.8. The van der Waals surface area contributed by atoms with E-state index in [0.717, 1.165) is 5.82 Å². The molecule has 2 rings (SSSR count). The Balaban J connectivity index is 1.76. The Labute approximate surface area is 134 Å². The van der Waals surface area contributed by atoms with Crippen molar-refractivity contribution in [2.75, 3.05) is 20.3 Å². The van der Waals surface area contributed by atoms with Gasteiger partial charge in [-0.25, -0.2) is 4.68 Å². The van der Waals surface area contributed by atoms with Crippen LogP contribution in [-0.4, -0.2) is 46.4 Å². The van der Waals surface area contributed by atoms with Crippen molar-refractivity contribution >= 4 is 5.91 Å². The molecule has 23 heavy (non-hydrogen) atoms. The summed E-state index contributed by atoms with van der Waals surface area (Å²) in [5.41, 5.74) is 0. The molecule has 1 aromatic heterocycles. The third kappa shape index (κ3) is 4.67. The fourth-order valence-electron chi connectivity index (χ4n) is 2.02. The highest BCUT2D eigenvalue weighted by molar-refractivity contribution is 5.77. The van der Waals surface area contributed by atoms with Gasteiger partial charge in [0.25, 0.3) is 5.91 Å². The van der Waals surface area contributed by atoms with E-state index in [1.54, 1.807) is 23.9 Å². The number of benzene rings is 1. The lowest BCUT2D eigenvalue weighted by Gasteiger charge is -2.11. The lowest BCUT2D eigenvalue weighted by atomic mass is 10.3. The van der Waals surface area contributed by atoms with Gasteiger partial charge in [-0.3, -0.25) is 4.79 Å². The monoisotopic (exact) mass is 319 g/mol. The maximum Gasteiger partial charge on any atom is 0.257 e. The summed E-state index contributed by atoms with van der Waals surface area (Å²) in [6.07, 6.45) is 0.561. The molecule has 1 heterocycles. The average Bonchev–Trinajstić information content (AvgIpc) is 3.02. The normalized spacial score (nSPS) is 10.6. The molecular weight excluding hydrogens is 298 g/mol. The van der Waals surface area contributed by atoms with Gasteiger partial charge < -0.3 is 14.8 Å². The third-order valence-electron chi connectivity index (χ3n) is 3.15. The molecule has 1 N–H and O–H groups in total. The van der Waals surface area contributed by atoms with Crippen LogP contribution in [0.3, 0.4) is 0 Å². The minimum absolute atomic E-state index is 0.0739. The van der Waals surface area contributed by atoms with E-state index in [4.69, 9.17) is 9.47 Å². The minimum atomic E-state index is -0.209. The summed E-state index contributed by atoms with van der Waals surface area (Å²) in [6, 6.07) is 7.37. The van der Waals surface area contributed by atoms with Gasteiger partial charge >= 0.3 is 0 Å². The highest BCUT2D eigenvalue weighted by Crippen LogP contribution is 2.25. The highest BCUT2D eigenvalue weighted by Gasteiger charge is 2.10. The Morgan fingerprint density at radius 1 is 1.30 bits per heavy atom. The van der Waals surface area contributed by atoms with Crippen molar-refractivity contribution in [3.63, 3.8) is 0 Å². The summed E-state index contributed by atoms with van der Waals surface area (Å²) >= 11 is 0. The molecule has 8 nitrogen and oxygen atoms in total. The number of nitrogens with one attached hydrogen (secondary N) is 1. The molecule has 0 saturated carbocycles. The molecule has 2 aromatic rings. The topological polar surface area (TPSA) is 91.2 Å². The second-order valence-corrected chi connectivity index (χ2v) is 5.17. The van der Waals surface area contributed by atoms with Gasteiger partial charge in [-0.05, 0) is 36.4 Å². The zero-order valence-corrected chi connectivity index (χ0v) is 13.5. The van der Waals surface area contributed by atoms with Gasteiger partial charge in [0.1, 0.15) is 0 Å². The van der Waals surface area contributed by atoms with E-state index in [1.165, 1.54) is 0 Å². The van der Waals surface area contributed by atoms with Gasteiger partial charge in [-0.1, -0.05) is 12.1 Å². The highest BCUT2D eigenvalue weighted by atomic mass is 16.5. The molecular formula is C15H21N5O3. The van der Waals surface area contributed by atoms with Gasteiger partial charge in [0, 0.05) is 13.0 Å². The van der Waals surface area contributed by atoms with Gasteiger partial charge in [0.15, 0.2) is 23.9 Å². The van der Waals surface area contributed by atoms with Crippen molar-refractivity contribution in [1.29, 1.82) is 0 Å². The van der Waals surface area contributed by atoms with Crippen molar-refractivity contribution < 1.29 is 14.3 Å². The van der Waals surface area contributed by atoms with Gasteiger partial charge in [0.2, 0.25) is 0 Å². The van der Waals surface area contributed by atoms with Crippen LogP contribution in [0.5, 0.6) is 11.5 Å². The van der Waals surface area contributed by atoms with Crippen LogP contribution >= 0.6 is 0 Å². The second-order valence-electron chi connectivity index (χ2n) is 5.17. The molecule has 1 amide bonds. The van der Waals surface area contributed by atoms with Crippen LogP contribution in [0.25, 0.3) is 0 Å². The first kappa shape index (κ1) is 16.7. The van der Waals surface area contributed by atoms with Crippen LogP contribution in [0.15, 0.2) is 24.3 Å². The molecule has 124 valence electrons. The van der Waals surface area contributed by atoms with Crippen LogP contribution in [0, 0.1) is 0 Å². The summed E-state index contributed by atoms with van der Waals surface area (Å²) in [7, 11) is 1.56. The molecule has 0 aliphatic rings. The standard InChI is InChI=1S/C15H21N5O3/c1-11(2)20-14(17-18-19-20)8-9-16-15(21)10-23-13-7-5-4-6-12(13)22-3/h4-7,11H,8-10H2,1-3H3,(H,16,21). The van der Waals surface area contributed by atoms with Gasteiger partial charge in [0.05, 0.1) is 13.2 Å². The number of hydrogen-bond donors (Lipinski definition) is 1. The average molecular weight is 319 g/mol. The predicted octanol–water partition coefficient (Wildman–Crippen LogP) is 1.00. The number of tetrazole rings is 1. The van der Waals surface area contributed by atoms with Crippen LogP contribution in [0.2, 0.25) is 0 Å². The zero-order chi connectivity index (χ0) is 16.7. The molecule has 0 bridgehead atoms. The van der Waals surface area contributed by atoms with Crippen LogP contribution in [0.1, 0.15) is 25.7 Å². The van der Waals surface area contributed by atoms with Gasteiger partial charge in [-0.2, -0.15) is 0 Å². The predicted molar refractivity (Wildman–Crippen MR) is 83.4 cm³/mol. The maximum atomic E-state index is 11.8. The largest absolute Gasteiger partial charge is 0.493 e. The number of hydrogen-bond acceptors (Lipinski definition) is 6. The molecule has 0 saturated heterocycles. The lowest BCUT2D eigenvalue weighted by molar-refractivity contribution is -0.123. The zero-order valence-electron chi connectivity index (χ0n) is 13.5. The molecule has 0 spiro atoms. The lowest BCUT2D eigenvalue weighted by Crippen LogP contribution is -2.31. The van der Waals surface area contributed by atoms with Crippen molar-refractivity contribution in [3.05, 3.63) is 30.1 Å². The Kier molecular flexibility index (Phi) is 5.90. The fraction of sp³-hybridized carbons (Fsp3) is 0.467. The first-order valence-corrected chi connectivity index (χ1v) is 7.41. The molecule has 0 unspecified atom stereocenters. The number of carbonyl (C=O) groups excluding carboxylic acids is 1. The second kappa shape index (κ2) is 8.11. The molecule has 0 aliphatic carbocycles. The van der Waals surface area contributed by atoms with Crippen molar-refractivity contribution in [2.24, 2.45) is 0 Å². The first-order chi connectivity index (χ1) is 11.1. The Bertz CT molecular complexity index is 642. The number of rotatable bonds is 8. The first-order valence-electron chi connectivity index (χ1n) is 7.41. The number of aromatic nitrogens is 4. The summed E-state index contributed by atoms with van der Waals surface area (Å²) < 4.78 is 12.4. The van der Waals surface area contributed by atoms with E-state index in [0.29, 0.717) is 24.5 Å². The third-order valence-corrected chi connectivity index (χ3v) is 3.15. The summed E-state index contributed by atoms with van der Waals surface area (Å²) in [5.74, 6) is 1.66. The number of methoxy groups -OCH3 is 1.